The van der Waals surface area contributed by atoms with E-state index in [4.69, 9.17) is 10.2 Å². The van der Waals surface area contributed by atoms with Gasteiger partial charge in [0.25, 0.3) is 0 Å². The van der Waals surface area contributed by atoms with Gasteiger partial charge in [-0.2, -0.15) is 0 Å². The summed E-state index contributed by atoms with van der Waals surface area (Å²) in [6, 6.07) is 0.412. The van der Waals surface area contributed by atoms with Crippen molar-refractivity contribution in [3.05, 3.63) is 23.4 Å². The van der Waals surface area contributed by atoms with E-state index < -0.39 is 17.8 Å². The largest absolute Gasteiger partial charge is 0.431 e. The van der Waals surface area contributed by atoms with E-state index in [1.54, 1.807) is 0 Å². The van der Waals surface area contributed by atoms with Gasteiger partial charge >= 0.3 is 5.97 Å². The average Bonchev–Trinajstić information content (AvgIpc) is 3.07. The van der Waals surface area contributed by atoms with Gasteiger partial charge in [-0.3, -0.25) is 4.79 Å². The fourth-order valence-electron chi connectivity index (χ4n) is 8.03. The predicted octanol–water partition coefficient (Wildman–Crippen LogP) is 8.08. The van der Waals surface area contributed by atoms with Gasteiger partial charge in [0.05, 0.1) is 2.74 Å². The molecule has 0 radical (unpaired) electrons. The van der Waals surface area contributed by atoms with E-state index >= 15 is 0 Å². The van der Waals surface area contributed by atoms with Crippen molar-refractivity contribution in [3.8, 4) is 0 Å². The molecule has 0 heterocycles. The van der Waals surface area contributed by atoms with Crippen molar-refractivity contribution in [1.82, 2.24) is 0 Å². The van der Waals surface area contributed by atoms with Crippen LogP contribution in [0.3, 0.4) is 0 Å². The quantitative estimate of drug-likeness (QED) is 0.398. The number of fused-ring (bicyclic) bond motifs is 5. The number of esters is 1. The van der Waals surface area contributed by atoms with Crippen LogP contribution in [0, 0.1) is 46.3 Å². The first kappa shape index (κ1) is 18.4. The van der Waals surface area contributed by atoms with Gasteiger partial charge in [0.1, 0.15) is 5.76 Å². The summed E-state index contributed by atoms with van der Waals surface area (Å²) in [4.78, 5) is 11.7. The van der Waals surface area contributed by atoms with Gasteiger partial charge in [0.2, 0.25) is 0 Å². The molecule has 0 N–H and O–H groups in total. The van der Waals surface area contributed by atoms with Gasteiger partial charge in [-0.25, -0.2) is 0 Å². The Morgan fingerprint density at radius 2 is 1.97 bits per heavy atom. The SMILES string of the molecule is [2H]C1=C2C([2H])=C(OC(C)=O)C([2H])([2H])C[C@]2(C)[C@H]2CC[C@]3(C)[C@@H]([C@H](C)CCCC(C)C)CC[C@H]3[C@@H]2C1. The Bertz CT molecular complexity index is 922. The van der Waals surface area contributed by atoms with Crippen molar-refractivity contribution in [3.63, 3.8) is 0 Å². The molecule has 0 unspecified atom stereocenters. The zero-order valence-electron chi connectivity index (χ0n) is 24.6. The van der Waals surface area contributed by atoms with E-state index in [0.717, 1.165) is 30.6 Å². The molecule has 0 aromatic rings. The zero-order valence-corrected chi connectivity index (χ0v) is 20.6. The van der Waals surface area contributed by atoms with Gasteiger partial charge in [0, 0.05) is 16.0 Å². The highest BCUT2D eigenvalue weighted by Crippen LogP contribution is 2.67. The lowest BCUT2D eigenvalue weighted by molar-refractivity contribution is -0.137. The maximum absolute atomic E-state index is 11.7. The van der Waals surface area contributed by atoms with E-state index in [0.29, 0.717) is 35.3 Å². The predicted molar refractivity (Wildman–Crippen MR) is 128 cm³/mol. The van der Waals surface area contributed by atoms with Gasteiger partial charge in [-0.15, -0.1) is 0 Å². The Morgan fingerprint density at radius 3 is 2.68 bits per heavy atom. The molecule has 0 bridgehead atoms. The van der Waals surface area contributed by atoms with Crippen molar-refractivity contribution in [2.24, 2.45) is 46.3 Å². The first-order chi connectivity index (χ1) is 16.2. The van der Waals surface area contributed by atoms with E-state index in [2.05, 4.69) is 34.6 Å². The molecule has 174 valence electrons. The minimum absolute atomic E-state index is 0.0567. The molecule has 4 aliphatic carbocycles. The van der Waals surface area contributed by atoms with E-state index in [1.807, 2.05) is 0 Å². The first-order valence-electron chi connectivity index (χ1n) is 14.8. The third-order valence-electron chi connectivity index (χ3n) is 9.64. The van der Waals surface area contributed by atoms with Crippen LogP contribution in [-0.2, 0) is 9.53 Å². The van der Waals surface area contributed by atoms with Gasteiger partial charge in [0.15, 0.2) is 0 Å². The van der Waals surface area contributed by atoms with E-state index in [1.165, 1.54) is 39.0 Å². The summed E-state index contributed by atoms with van der Waals surface area (Å²) in [6.45, 7) is 12.9. The molecule has 0 spiro atoms. The lowest BCUT2D eigenvalue weighted by Gasteiger charge is -2.57. The molecule has 2 heteroatoms. The molecule has 2 fully saturated rings. The molecule has 4 rings (SSSR count). The molecule has 0 saturated heterocycles. The van der Waals surface area contributed by atoms with Crippen molar-refractivity contribution in [2.45, 2.75) is 106 Å². The summed E-state index contributed by atoms with van der Waals surface area (Å²) >= 11 is 0. The van der Waals surface area contributed by atoms with Gasteiger partial charge in [-0.1, -0.05) is 59.9 Å². The van der Waals surface area contributed by atoms with Gasteiger partial charge < -0.3 is 4.74 Å². The summed E-state index contributed by atoms with van der Waals surface area (Å²) in [5.41, 5.74) is 0.361. The highest BCUT2D eigenvalue weighted by molar-refractivity contribution is 5.67. The van der Waals surface area contributed by atoms with Crippen LogP contribution in [0.15, 0.2) is 23.4 Å². The second-order valence-electron chi connectivity index (χ2n) is 12.0. The molecule has 4 aliphatic rings. The first-order valence-corrected chi connectivity index (χ1v) is 12.8. The molecule has 7 atom stereocenters. The van der Waals surface area contributed by atoms with Crippen LogP contribution in [-0.4, -0.2) is 5.97 Å². The van der Waals surface area contributed by atoms with Crippen LogP contribution >= 0.6 is 0 Å². The van der Waals surface area contributed by atoms with Crippen molar-refractivity contribution in [1.29, 1.82) is 0 Å². The second-order valence-corrected chi connectivity index (χ2v) is 12.0. The summed E-state index contributed by atoms with van der Waals surface area (Å²) in [7, 11) is 0. The average molecular weight is 431 g/mol. The fraction of sp³-hybridized carbons (Fsp3) is 0.828. The summed E-state index contributed by atoms with van der Waals surface area (Å²) < 4.78 is 40.5. The molecule has 2 saturated carbocycles. The monoisotopic (exact) mass is 430 g/mol. The summed E-state index contributed by atoms with van der Waals surface area (Å²) in [5.74, 6) is 2.63. The third-order valence-corrected chi connectivity index (χ3v) is 9.64. The van der Waals surface area contributed by atoms with Crippen LogP contribution in [0.5, 0.6) is 0 Å². The smallest absolute Gasteiger partial charge is 0.307 e. The molecule has 0 aromatic carbocycles. The van der Waals surface area contributed by atoms with Crippen LogP contribution in [0.2, 0.25) is 0 Å². The summed E-state index contributed by atoms with van der Waals surface area (Å²) in [6.07, 6.45) is 7.56. The van der Waals surface area contributed by atoms with Crippen molar-refractivity contribution in [2.75, 3.05) is 0 Å². The maximum atomic E-state index is 11.7. The number of ether oxygens (including phenoxy) is 1. The van der Waals surface area contributed by atoms with Crippen LogP contribution in [0.4, 0.5) is 0 Å². The Kier molecular flexibility index (Phi) is 5.17. The normalized spacial score (nSPS) is 44.5. The molecular weight excluding hydrogens is 380 g/mol. The lowest BCUT2D eigenvalue weighted by atomic mass is 9.47. The number of hydrogen-bond acceptors (Lipinski definition) is 2. The number of carbonyl (C=O) groups excluding carboxylic acids is 1. The summed E-state index contributed by atoms with van der Waals surface area (Å²) in [5, 5.41) is 0. The number of hydrogen-bond donors (Lipinski definition) is 0. The standard InChI is InChI=1S/C29H46O2/c1-19(2)8-7-9-20(3)25-12-13-26-24-11-10-22-18-23(31-21(4)30)14-16-28(22,5)27(24)15-17-29(25,26)6/h10,18-20,24-27H,7-9,11-17H2,1-6H3/t20-,24+,25-,26+,27+,28+,29-/m1/s1/i10D,14D2,18D. The van der Waals surface area contributed by atoms with E-state index in [9.17, 15) is 4.79 Å². The number of allylic oxidation sites excluding steroid dienone is 4. The molecule has 31 heavy (non-hydrogen) atoms. The Labute approximate surface area is 196 Å². The Balaban J connectivity index is 1.64. The molecule has 0 amide bonds. The van der Waals surface area contributed by atoms with Gasteiger partial charge in [-0.05, 0) is 96.5 Å². The number of carbonyl (C=O) groups is 1. The molecular formula is C29H46O2. The molecule has 2 nitrogen and oxygen atoms in total. The fourth-order valence-corrected chi connectivity index (χ4v) is 8.03. The van der Waals surface area contributed by atoms with Crippen molar-refractivity contribution < 1.29 is 15.0 Å². The highest BCUT2D eigenvalue weighted by atomic mass is 16.5. The Morgan fingerprint density at radius 1 is 1.19 bits per heavy atom. The molecule has 0 aliphatic heterocycles. The van der Waals surface area contributed by atoms with Crippen LogP contribution < -0.4 is 0 Å². The highest BCUT2D eigenvalue weighted by Gasteiger charge is 2.58. The molecule has 0 aromatic heterocycles. The van der Waals surface area contributed by atoms with Crippen molar-refractivity contribution >= 4 is 5.97 Å². The topological polar surface area (TPSA) is 26.3 Å². The lowest BCUT2D eigenvalue weighted by Crippen LogP contribution is -2.49. The third kappa shape index (κ3) is 4.18. The zero-order chi connectivity index (χ0) is 25.9. The van der Waals surface area contributed by atoms with E-state index in [-0.39, 0.29) is 24.1 Å². The number of rotatable bonds is 6. The maximum Gasteiger partial charge on any atom is 0.307 e. The second kappa shape index (κ2) is 8.71. The minimum Gasteiger partial charge on any atom is -0.431 e. The Hall–Kier alpha value is -1.05. The van der Waals surface area contributed by atoms with Crippen LogP contribution in [0.1, 0.15) is 111 Å². The van der Waals surface area contributed by atoms with Crippen LogP contribution in [0.25, 0.3) is 0 Å². The minimum atomic E-state index is -1.88.